The number of likely N-dealkylation sites (N-methyl/N-ethyl adjacent to an activating group) is 1. The molecule has 2 N–H and O–H groups in total. The molecule has 1 aromatic carbocycles. The lowest BCUT2D eigenvalue weighted by Gasteiger charge is -2.24. The van der Waals surface area contributed by atoms with E-state index in [1.54, 1.807) is 0 Å². The zero-order valence-corrected chi connectivity index (χ0v) is 16.6. The summed E-state index contributed by atoms with van der Waals surface area (Å²) in [5.41, 5.74) is 0.134. The lowest BCUT2D eigenvalue weighted by atomic mass is 10.0. The van der Waals surface area contributed by atoms with Gasteiger partial charge in [0, 0.05) is 24.2 Å². The number of benzene rings is 1. The molecule has 0 aliphatic heterocycles. The summed E-state index contributed by atoms with van der Waals surface area (Å²) < 4.78 is 41.1. The fraction of sp³-hybridized carbons (Fsp3) is 0.611. The molecular weight excluding hydrogens is 357 g/mol. The van der Waals surface area contributed by atoms with Crippen LogP contribution in [0.2, 0.25) is 0 Å². The van der Waals surface area contributed by atoms with E-state index in [4.69, 9.17) is 0 Å². The molecule has 1 unspecified atom stereocenters. The molecule has 146 valence electrons. The van der Waals surface area contributed by atoms with Crippen molar-refractivity contribution in [3.8, 4) is 0 Å². The molecule has 1 aromatic rings. The number of nitrogens with one attached hydrogen (secondary N) is 2. The van der Waals surface area contributed by atoms with Gasteiger partial charge in [0.25, 0.3) is 5.91 Å². The Morgan fingerprint density at radius 1 is 1.31 bits per heavy atom. The van der Waals surface area contributed by atoms with E-state index >= 15 is 0 Å². The van der Waals surface area contributed by atoms with E-state index < -0.39 is 26.6 Å². The molecule has 2 rings (SSSR count). The van der Waals surface area contributed by atoms with Gasteiger partial charge in [-0.3, -0.25) is 4.79 Å². The fourth-order valence-electron chi connectivity index (χ4n) is 2.79. The molecule has 8 heteroatoms. The number of rotatable bonds is 9. The van der Waals surface area contributed by atoms with Crippen LogP contribution in [0.25, 0.3) is 0 Å². The van der Waals surface area contributed by atoms with Gasteiger partial charge in [-0.25, -0.2) is 17.5 Å². The quantitative estimate of drug-likeness (QED) is 0.681. The highest BCUT2D eigenvalue weighted by Crippen LogP contribution is 2.24. The topological polar surface area (TPSA) is 78.5 Å². The normalized spacial score (nSPS) is 16.1. The molecule has 1 atom stereocenters. The smallest absolute Gasteiger partial charge is 0.251 e. The maximum Gasteiger partial charge on any atom is 0.251 e. The molecule has 0 aromatic heterocycles. The summed E-state index contributed by atoms with van der Waals surface area (Å²) in [7, 11) is -0.119. The van der Waals surface area contributed by atoms with Gasteiger partial charge in [0.2, 0.25) is 10.0 Å². The van der Waals surface area contributed by atoms with E-state index in [1.807, 2.05) is 19.0 Å². The minimum Gasteiger partial charge on any atom is -0.348 e. The molecule has 0 heterocycles. The van der Waals surface area contributed by atoms with Crippen molar-refractivity contribution in [2.75, 3.05) is 20.6 Å². The maximum absolute atomic E-state index is 14.0. The molecule has 0 radical (unpaired) electrons. The minimum absolute atomic E-state index is 0.0767. The third-order valence-corrected chi connectivity index (χ3v) is 5.59. The van der Waals surface area contributed by atoms with Crippen molar-refractivity contribution < 1.29 is 17.6 Å². The summed E-state index contributed by atoms with van der Waals surface area (Å²) in [5.74, 6) is -0.866. The minimum atomic E-state index is -3.96. The van der Waals surface area contributed by atoms with Gasteiger partial charge in [-0.15, -0.1) is 0 Å². The number of hydrogen-bond donors (Lipinski definition) is 2. The Hall–Kier alpha value is -1.51. The zero-order chi connectivity index (χ0) is 19.5. The molecule has 1 aliphatic rings. The van der Waals surface area contributed by atoms with Gasteiger partial charge in [0.05, 0.1) is 0 Å². The standard InChI is InChI=1S/C18H28FN3O3S/c1-12(2)9-15(11-22(3)4)20-18(23)13-5-8-16(19)17(10-13)26(24,25)21-14-6-7-14/h5,8,10,12,14-15,21H,6-7,9,11H2,1-4H3,(H,20,23). The molecule has 0 saturated heterocycles. The number of nitrogens with zero attached hydrogens (tertiary/aromatic N) is 1. The monoisotopic (exact) mass is 385 g/mol. The van der Waals surface area contributed by atoms with Crippen LogP contribution in [0.15, 0.2) is 23.1 Å². The first-order valence-corrected chi connectivity index (χ1v) is 10.3. The van der Waals surface area contributed by atoms with Crippen molar-refractivity contribution in [2.45, 2.75) is 50.1 Å². The predicted molar refractivity (Wildman–Crippen MR) is 99.0 cm³/mol. The Labute approximate surface area is 155 Å². The van der Waals surface area contributed by atoms with Gasteiger partial charge in [-0.2, -0.15) is 0 Å². The molecule has 1 aliphatic carbocycles. The Morgan fingerprint density at radius 2 is 1.96 bits per heavy atom. The second kappa shape index (κ2) is 8.45. The summed E-state index contributed by atoms with van der Waals surface area (Å²) in [5, 5.41) is 2.93. The van der Waals surface area contributed by atoms with Gasteiger partial charge >= 0.3 is 0 Å². The van der Waals surface area contributed by atoms with Crippen LogP contribution >= 0.6 is 0 Å². The Kier molecular flexibility index (Phi) is 6.76. The second-order valence-corrected chi connectivity index (χ2v) is 9.29. The average Bonchev–Trinajstić information content (AvgIpc) is 3.29. The summed E-state index contributed by atoms with van der Waals surface area (Å²) in [6.07, 6.45) is 2.30. The number of amides is 1. The van der Waals surface area contributed by atoms with Gasteiger partial charge in [-0.1, -0.05) is 13.8 Å². The molecule has 1 amide bonds. The zero-order valence-electron chi connectivity index (χ0n) is 15.8. The molecular formula is C18H28FN3O3S. The van der Waals surface area contributed by atoms with Crippen LogP contribution in [0.5, 0.6) is 0 Å². The number of halogens is 1. The van der Waals surface area contributed by atoms with Crippen molar-refractivity contribution in [3.63, 3.8) is 0 Å². The van der Waals surface area contributed by atoms with Crippen LogP contribution in [-0.2, 0) is 10.0 Å². The first kappa shape index (κ1) is 20.8. The fourth-order valence-corrected chi connectivity index (χ4v) is 4.20. The van der Waals surface area contributed by atoms with E-state index in [2.05, 4.69) is 23.9 Å². The number of carbonyl (C=O) groups excluding carboxylic acids is 1. The second-order valence-electron chi connectivity index (χ2n) is 7.60. The summed E-state index contributed by atoms with van der Waals surface area (Å²) in [6.45, 7) is 4.81. The van der Waals surface area contributed by atoms with E-state index in [0.717, 1.165) is 31.4 Å². The van der Waals surface area contributed by atoms with E-state index in [0.29, 0.717) is 12.5 Å². The summed E-state index contributed by atoms with van der Waals surface area (Å²) in [4.78, 5) is 14.1. The highest BCUT2D eigenvalue weighted by molar-refractivity contribution is 7.89. The van der Waals surface area contributed by atoms with Crippen molar-refractivity contribution in [3.05, 3.63) is 29.6 Å². The van der Waals surface area contributed by atoms with Crippen LogP contribution < -0.4 is 10.0 Å². The highest BCUT2D eigenvalue weighted by atomic mass is 32.2. The molecule has 6 nitrogen and oxygen atoms in total. The first-order chi connectivity index (χ1) is 12.1. The molecule has 26 heavy (non-hydrogen) atoms. The number of sulfonamides is 1. The average molecular weight is 386 g/mol. The molecule has 1 saturated carbocycles. The van der Waals surface area contributed by atoms with E-state index in [-0.39, 0.29) is 17.6 Å². The third-order valence-electron chi connectivity index (χ3n) is 4.06. The van der Waals surface area contributed by atoms with Crippen LogP contribution in [-0.4, -0.2) is 51.9 Å². The van der Waals surface area contributed by atoms with Crippen LogP contribution in [0, 0.1) is 11.7 Å². The summed E-state index contributed by atoms with van der Waals surface area (Å²) in [6, 6.07) is 3.24. The SMILES string of the molecule is CC(C)CC(CN(C)C)NC(=O)c1ccc(F)c(S(=O)(=O)NC2CC2)c1. The predicted octanol–water partition coefficient (Wildman–Crippen LogP) is 1.97. The third kappa shape index (κ3) is 6.03. The summed E-state index contributed by atoms with van der Waals surface area (Å²) >= 11 is 0. The van der Waals surface area contributed by atoms with Crippen LogP contribution in [0.4, 0.5) is 4.39 Å². The van der Waals surface area contributed by atoms with Gasteiger partial charge in [0.1, 0.15) is 10.7 Å². The van der Waals surface area contributed by atoms with Crippen molar-refractivity contribution in [2.24, 2.45) is 5.92 Å². The molecule has 0 spiro atoms. The van der Waals surface area contributed by atoms with E-state index in [9.17, 15) is 17.6 Å². The highest BCUT2D eigenvalue weighted by Gasteiger charge is 2.30. The Balaban J connectivity index is 2.18. The molecule has 0 bridgehead atoms. The van der Waals surface area contributed by atoms with Crippen molar-refractivity contribution in [1.29, 1.82) is 0 Å². The lowest BCUT2D eigenvalue weighted by molar-refractivity contribution is 0.0924. The Morgan fingerprint density at radius 3 is 2.50 bits per heavy atom. The Bertz CT molecular complexity index is 736. The lowest BCUT2D eigenvalue weighted by Crippen LogP contribution is -2.42. The maximum atomic E-state index is 14.0. The van der Waals surface area contributed by atoms with Gasteiger partial charge < -0.3 is 10.2 Å². The van der Waals surface area contributed by atoms with E-state index in [1.165, 1.54) is 6.07 Å². The van der Waals surface area contributed by atoms with Gasteiger partial charge in [-0.05, 0) is 57.5 Å². The van der Waals surface area contributed by atoms with Crippen LogP contribution in [0.3, 0.4) is 0 Å². The first-order valence-electron chi connectivity index (χ1n) is 8.86. The number of carbonyl (C=O) groups is 1. The van der Waals surface area contributed by atoms with Crippen molar-refractivity contribution in [1.82, 2.24) is 14.9 Å². The number of hydrogen-bond acceptors (Lipinski definition) is 4. The molecule has 1 fully saturated rings. The largest absolute Gasteiger partial charge is 0.348 e. The van der Waals surface area contributed by atoms with Crippen molar-refractivity contribution >= 4 is 15.9 Å². The van der Waals surface area contributed by atoms with Crippen LogP contribution in [0.1, 0.15) is 43.5 Å². The van der Waals surface area contributed by atoms with Gasteiger partial charge in [0.15, 0.2) is 0 Å².